The van der Waals surface area contributed by atoms with E-state index in [9.17, 15) is 23.3 Å². The van der Waals surface area contributed by atoms with Crippen LogP contribution in [0.5, 0.6) is 0 Å². The van der Waals surface area contributed by atoms with Gasteiger partial charge < -0.3 is 5.32 Å². The van der Waals surface area contributed by atoms with Gasteiger partial charge in [-0.3, -0.25) is 14.9 Å². The van der Waals surface area contributed by atoms with Crippen molar-refractivity contribution >= 4 is 38.7 Å². The molecule has 1 amide bonds. The van der Waals surface area contributed by atoms with Crippen LogP contribution in [-0.2, 0) is 14.6 Å². The number of non-ortho nitro benzene ring substituents is 1. The summed E-state index contributed by atoms with van der Waals surface area (Å²) in [6.07, 6.45) is 0. The molecular formula is C14H11ClN2O5S. The van der Waals surface area contributed by atoms with Crippen LogP contribution in [0.25, 0.3) is 0 Å². The lowest BCUT2D eigenvalue weighted by molar-refractivity contribution is -0.384. The fraction of sp³-hybridized carbons (Fsp3) is 0.0714. The number of halogens is 1. The molecule has 23 heavy (non-hydrogen) atoms. The van der Waals surface area contributed by atoms with Gasteiger partial charge in [0.15, 0.2) is 9.84 Å². The van der Waals surface area contributed by atoms with Crippen LogP contribution < -0.4 is 5.32 Å². The summed E-state index contributed by atoms with van der Waals surface area (Å²) >= 11 is 5.71. The second-order valence-electron chi connectivity index (χ2n) is 4.57. The van der Waals surface area contributed by atoms with Gasteiger partial charge in [0, 0.05) is 22.8 Å². The molecule has 7 nitrogen and oxygen atoms in total. The largest absolute Gasteiger partial charge is 0.325 e. The number of nitrogens with one attached hydrogen (secondary N) is 1. The molecule has 0 aliphatic heterocycles. The summed E-state index contributed by atoms with van der Waals surface area (Å²) in [6, 6.07) is 10.5. The first-order valence-corrected chi connectivity index (χ1v) is 8.33. The summed E-state index contributed by atoms with van der Waals surface area (Å²) in [4.78, 5) is 21.6. The molecule has 0 fully saturated rings. The highest BCUT2D eigenvalue weighted by atomic mass is 35.5. The lowest BCUT2D eigenvalue weighted by Gasteiger charge is -2.06. The summed E-state index contributed by atoms with van der Waals surface area (Å²) in [5, 5.41) is 13.5. The molecular weight excluding hydrogens is 344 g/mol. The molecule has 2 aromatic carbocycles. The molecule has 2 rings (SSSR count). The quantitative estimate of drug-likeness (QED) is 0.656. The molecule has 0 atom stereocenters. The Morgan fingerprint density at radius 2 is 1.65 bits per heavy atom. The van der Waals surface area contributed by atoms with Gasteiger partial charge in [0.1, 0.15) is 5.75 Å². The Bertz CT molecular complexity index is 832. The number of carbonyl (C=O) groups is 1. The Balaban J connectivity index is 2.09. The number of carbonyl (C=O) groups excluding carboxylic acids is 1. The molecule has 0 saturated heterocycles. The number of sulfone groups is 1. The van der Waals surface area contributed by atoms with Gasteiger partial charge in [0.05, 0.1) is 9.82 Å². The van der Waals surface area contributed by atoms with Gasteiger partial charge in [-0.1, -0.05) is 11.6 Å². The molecule has 120 valence electrons. The summed E-state index contributed by atoms with van der Waals surface area (Å²) in [6.45, 7) is 0. The first-order valence-electron chi connectivity index (χ1n) is 6.30. The number of nitro groups is 1. The van der Waals surface area contributed by atoms with Crippen molar-refractivity contribution in [1.29, 1.82) is 0 Å². The monoisotopic (exact) mass is 354 g/mol. The van der Waals surface area contributed by atoms with Crippen molar-refractivity contribution in [1.82, 2.24) is 0 Å². The lowest BCUT2D eigenvalue weighted by atomic mass is 10.3. The van der Waals surface area contributed by atoms with Crippen molar-refractivity contribution in [2.45, 2.75) is 4.90 Å². The SMILES string of the molecule is O=C(CS(=O)(=O)c1ccc([N+](=O)[O-])cc1)Nc1ccc(Cl)cc1. The normalized spacial score (nSPS) is 11.0. The van der Waals surface area contributed by atoms with Crippen LogP contribution in [-0.4, -0.2) is 25.0 Å². The molecule has 9 heteroatoms. The maximum Gasteiger partial charge on any atom is 0.269 e. The number of nitrogens with zero attached hydrogens (tertiary/aromatic N) is 1. The first-order chi connectivity index (χ1) is 10.8. The first kappa shape index (κ1) is 16.9. The van der Waals surface area contributed by atoms with Crippen molar-refractivity contribution in [3.8, 4) is 0 Å². The van der Waals surface area contributed by atoms with Crippen molar-refractivity contribution in [3.63, 3.8) is 0 Å². The molecule has 0 aliphatic rings. The minimum Gasteiger partial charge on any atom is -0.325 e. The number of rotatable bonds is 5. The molecule has 0 spiro atoms. The second kappa shape index (κ2) is 6.76. The van der Waals surface area contributed by atoms with E-state index in [-0.39, 0.29) is 10.6 Å². The van der Waals surface area contributed by atoms with E-state index < -0.39 is 26.4 Å². The molecule has 0 aliphatic carbocycles. The molecule has 0 unspecified atom stereocenters. The fourth-order valence-electron chi connectivity index (χ4n) is 1.76. The topological polar surface area (TPSA) is 106 Å². The van der Waals surface area contributed by atoms with Crippen LogP contribution in [0, 0.1) is 10.1 Å². The smallest absolute Gasteiger partial charge is 0.269 e. The zero-order valence-corrected chi connectivity index (χ0v) is 13.2. The van der Waals surface area contributed by atoms with Gasteiger partial charge in [-0.15, -0.1) is 0 Å². The van der Waals surface area contributed by atoms with Crippen LogP contribution in [0.2, 0.25) is 5.02 Å². The highest BCUT2D eigenvalue weighted by Crippen LogP contribution is 2.18. The van der Waals surface area contributed by atoms with Gasteiger partial charge in [-0.05, 0) is 36.4 Å². The maximum atomic E-state index is 12.1. The molecule has 0 bridgehead atoms. The van der Waals surface area contributed by atoms with E-state index in [1.165, 1.54) is 0 Å². The Hall–Kier alpha value is -2.45. The van der Waals surface area contributed by atoms with E-state index in [0.29, 0.717) is 10.7 Å². The van der Waals surface area contributed by atoms with E-state index in [1.807, 2.05) is 0 Å². The number of hydrogen-bond acceptors (Lipinski definition) is 5. The third-order valence-corrected chi connectivity index (χ3v) is 4.74. The standard InChI is InChI=1S/C14H11ClN2O5S/c15-10-1-3-11(4-2-10)16-14(18)9-23(21,22)13-7-5-12(6-8-13)17(19)20/h1-8H,9H2,(H,16,18). The summed E-state index contributed by atoms with van der Waals surface area (Å²) in [5.41, 5.74) is 0.188. The van der Waals surface area contributed by atoms with Gasteiger partial charge >= 0.3 is 0 Å². The zero-order valence-electron chi connectivity index (χ0n) is 11.6. The molecule has 0 heterocycles. The maximum absolute atomic E-state index is 12.1. The van der Waals surface area contributed by atoms with E-state index in [4.69, 9.17) is 11.6 Å². The average Bonchev–Trinajstić information content (AvgIpc) is 2.49. The van der Waals surface area contributed by atoms with E-state index in [1.54, 1.807) is 24.3 Å². The minimum absolute atomic E-state index is 0.158. The highest BCUT2D eigenvalue weighted by Gasteiger charge is 2.20. The van der Waals surface area contributed by atoms with Crippen molar-refractivity contribution in [3.05, 3.63) is 63.7 Å². The van der Waals surface area contributed by atoms with Crippen LogP contribution in [0.15, 0.2) is 53.4 Å². The number of amides is 1. The third kappa shape index (κ3) is 4.51. The number of hydrogen-bond donors (Lipinski definition) is 1. The van der Waals surface area contributed by atoms with Crippen LogP contribution in [0.1, 0.15) is 0 Å². The van der Waals surface area contributed by atoms with Crippen LogP contribution >= 0.6 is 11.6 Å². The van der Waals surface area contributed by atoms with Crippen molar-refractivity contribution < 1.29 is 18.1 Å². The molecule has 0 radical (unpaired) electrons. The van der Waals surface area contributed by atoms with E-state index in [0.717, 1.165) is 24.3 Å². The highest BCUT2D eigenvalue weighted by molar-refractivity contribution is 7.92. The average molecular weight is 355 g/mol. The van der Waals surface area contributed by atoms with Crippen LogP contribution in [0.4, 0.5) is 11.4 Å². The molecule has 0 saturated carbocycles. The van der Waals surface area contributed by atoms with Gasteiger partial charge in [-0.2, -0.15) is 0 Å². The van der Waals surface area contributed by atoms with Crippen molar-refractivity contribution in [2.24, 2.45) is 0 Å². The van der Waals surface area contributed by atoms with E-state index in [2.05, 4.69) is 5.32 Å². The predicted molar refractivity (Wildman–Crippen MR) is 85.2 cm³/mol. The summed E-state index contributed by atoms with van der Waals surface area (Å²) in [7, 11) is -3.89. The summed E-state index contributed by atoms with van der Waals surface area (Å²) < 4.78 is 24.2. The predicted octanol–water partition coefficient (Wildman–Crippen LogP) is 2.66. The Morgan fingerprint density at radius 3 is 2.17 bits per heavy atom. The Kier molecular flexibility index (Phi) is 4.97. The fourth-order valence-corrected chi connectivity index (χ4v) is 3.02. The number of nitro benzene ring substituents is 1. The second-order valence-corrected chi connectivity index (χ2v) is 6.99. The van der Waals surface area contributed by atoms with Gasteiger partial charge in [-0.25, -0.2) is 8.42 Å². The van der Waals surface area contributed by atoms with Crippen molar-refractivity contribution in [2.75, 3.05) is 11.1 Å². The lowest BCUT2D eigenvalue weighted by Crippen LogP contribution is -2.23. The van der Waals surface area contributed by atoms with Gasteiger partial charge in [0.25, 0.3) is 5.69 Å². The third-order valence-electron chi connectivity index (χ3n) is 2.86. The number of anilines is 1. The number of benzene rings is 2. The van der Waals surface area contributed by atoms with Gasteiger partial charge in [0.2, 0.25) is 5.91 Å². The van der Waals surface area contributed by atoms with E-state index >= 15 is 0 Å². The zero-order chi connectivity index (χ0) is 17.0. The minimum atomic E-state index is -3.89. The molecule has 2 aromatic rings. The Labute approximate surface area is 137 Å². The van der Waals surface area contributed by atoms with Crippen LogP contribution in [0.3, 0.4) is 0 Å². The molecule has 0 aromatic heterocycles. The Morgan fingerprint density at radius 1 is 1.09 bits per heavy atom. The summed E-state index contributed by atoms with van der Waals surface area (Å²) in [5.74, 6) is -1.49. The molecule has 1 N–H and O–H groups in total.